The van der Waals surface area contributed by atoms with Gasteiger partial charge in [0.25, 0.3) is 6.67 Å². The smallest absolute Gasteiger partial charge is 0.218 e. The van der Waals surface area contributed by atoms with Gasteiger partial charge in [-0.15, -0.1) is 0 Å². The number of hydrogen-bond donors (Lipinski definition) is 2. The Morgan fingerprint density at radius 2 is 1.23 bits per heavy atom. The van der Waals surface area contributed by atoms with Crippen LogP contribution in [0.25, 0.3) is 0 Å². The molecule has 2 heterocycles. The number of nitroso groups, excluding NO2 is 2. The number of quaternary nitrogens is 2. The first-order chi connectivity index (χ1) is 6.24. The predicted molar refractivity (Wildman–Crippen MR) is 42.7 cm³/mol. The molecule has 2 rings (SSSR count). The summed E-state index contributed by atoms with van der Waals surface area (Å²) in [5.41, 5.74) is 0. The van der Waals surface area contributed by atoms with Crippen molar-refractivity contribution in [1.29, 1.82) is 0 Å². The zero-order valence-electron chi connectivity index (χ0n) is 7.14. The van der Waals surface area contributed by atoms with E-state index in [0.29, 0.717) is 33.3 Å². The summed E-state index contributed by atoms with van der Waals surface area (Å²) in [4.78, 5) is 21.3. The molecule has 0 unspecified atom stereocenters. The van der Waals surface area contributed by atoms with Gasteiger partial charge in [0.15, 0.2) is 37.2 Å². The summed E-state index contributed by atoms with van der Waals surface area (Å²) in [6.07, 6.45) is 0. The lowest BCUT2D eigenvalue weighted by molar-refractivity contribution is -1.15. The molecule has 8 nitrogen and oxygen atoms in total. The first kappa shape index (κ1) is 8.63. The lowest BCUT2D eigenvalue weighted by atomic mass is 10.4. The van der Waals surface area contributed by atoms with Crippen LogP contribution in [0.15, 0.2) is 10.6 Å². The fraction of sp³-hybridized carbons (Fsp3) is 1.00. The Hall–Kier alpha value is -0.960. The third-order valence-electron chi connectivity index (χ3n) is 2.50. The van der Waals surface area contributed by atoms with E-state index in [4.69, 9.17) is 0 Å². The number of nitrogens with zero attached hydrogens (tertiary/aromatic N) is 4. The van der Waals surface area contributed by atoms with Crippen LogP contribution in [0.2, 0.25) is 0 Å². The van der Waals surface area contributed by atoms with Gasteiger partial charge < -0.3 is 0 Å². The molecule has 2 bridgehead atoms. The minimum Gasteiger partial charge on any atom is -0.218 e. The van der Waals surface area contributed by atoms with Gasteiger partial charge in [0.2, 0.25) is 0 Å². The number of nitrogens with one attached hydrogen (secondary N) is 2. The molecular weight excluding hydrogens is 176 g/mol. The highest BCUT2D eigenvalue weighted by molar-refractivity contribution is 4.47. The van der Waals surface area contributed by atoms with Crippen LogP contribution >= 0.6 is 0 Å². The summed E-state index contributed by atoms with van der Waals surface area (Å²) in [6, 6.07) is 0. The molecule has 8 heteroatoms. The van der Waals surface area contributed by atoms with Crippen LogP contribution in [0.4, 0.5) is 0 Å². The lowest BCUT2D eigenvalue weighted by Crippen LogP contribution is -2.75. The molecule has 0 spiro atoms. The van der Waals surface area contributed by atoms with Gasteiger partial charge in [-0.1, -0.05) is 19.0 Å². The average molecular weight is 188 g/mol. The summed E-state index contributed by atoms with van der Waals surface area (Å²) >= 11 is 0. The maximum absolute atomic E-state index is 10.6. The van der Waals surface area contributed by atoms with Gasteiger partial charge in [0.05, 0.1) is 0 Å². The zero-order chi connectivity index (χ0) is 9.36. The molecule has 0 aromatic heterocycles. The molecule has 0 atom stereocenters. The van der Waals surface area contributed by atoms with Crippen molar-refractivity contribution in [1.82, 2.24) is 10.6 Å². The van der Waals surface area contributed by atoms with Crippen molar-refractivity contribution in [3.63, 3.8) is 0 Å². The summed E-state index contributed by atoms with van der Waals surface area (Å²) < 4.78 is -0.0442. The van der Waals surface area contributed by atoms with E-state index in [1.54, 1.807) is 0 Å². The van der Waals surface area contributed by atoms with E-state index in [2.05, 4.69) is 21.2 Å². The summed E-state index contributed by atoms with van der Waals surface area (Å²) in [5, 5.41) is 12.1. The predicted octanol–water partition coefficient (Wildman–Crippen LogP) is -1.02. The average Bonchev–Trinajstić information content (AvgIpc) is 2.18. The highest BCUT2D eigenvalue weighted by Crippen LogP contribution is 2.21. The highest BCUT2D eigenvalue weighted by Gasteiger charge is 2.52. The largest absolute Gasteiger partial charge is 0.265 e. The Labute approximate surface area is 74.6 Å². The fourth-order valence-corrected chi connectivity index (χ4v) is 1.90. The van der Waals surface area contributed by atoms with Gasteiger partial charge in [-0.05, 0) is 0 Å². The first-order valence-electron chi connectivity index (χ1n) is 4.08. The summed E-state index contributed by atoms with van der Waals surface area (Å²) in [5.74, 6) is 0. The monoisotopic (exact) mass is 188 g/mol. The van der Waals surface area contributed by atoms with E-state index in [9.17, 15) is 9.81 Å². The maximum atomic E-state index is 10.6. The van der Waals surface area contributed by atoms with Crippen LogP contribution < -0.4 is 10.6 Å². The Balaban J connectivity index is 2.25. The van der Waals surface area contributed by atoms with E-state index in [-0.39, 0.29) is 9.18 Å². The van der Waals surface area contributed by atoms with Gasteiger partial charge in [-0.2, -0.15) is 0 Å². The van der Waals surface area contributed by atoms with Gasteiger partial charge in [-0.3, -0.25) is 0 Å². The van der Waals surface area contributed by atoms with Crippen molar-refractivity contribution in [2.75, 3.05) is 33.3 Å². The molecular formula is C5H12N6O2+2. The van der Waals surface area contributed by atoms with E-state index in [0.717, 1.165) is 0 Å². The van der Waals surface area contributed by atoms with Crippen LogP contribution in [-0.4, -0.2) is 42.5 Å². The van der Waals surface area contributed by atoms with Crippen molar-refractivity contribution in [3.8, 4) is 0 Å². The van der Waals surface area contributed by atoms with Crippen molar-refractivity contribution < 1.29 is 9.18 Å². The van der Waals surface area contributed by atoms with Crippen LogP contribution in [0.3, 0.4) is 0 Å². The number of hydrogen-bond acceptors (Lipinski definition) is 6. The quantitative estimate of drug-likeness (QED) is 0.429. The Morgan fingerprint density at radius 3 is 1.54 bits per heavy atom. The second-order valence-electron chi connectivity index (χ2n) is 3.63. The van der Waals surface area contributed by atoms with Crippen molar-refractivity contribution in [2.24, 2.45) is 10.6 Å². The SMILES string of the molecule is O=N[N+]12CNC[N+](N=O)(CNC1)C2. The van der Waals surface area contributed by atoms with E-state index in [1.807, 2.05) is 0 Å². The van der Waals surface area contributed by atoms with Crippen molar-refractivity contribution in [2.45, 2.75) is 0 Å². The molecule has 0 radical (unpaired) electrons. The molecule has 0 saturated carbocycles. The van der Waals surface area contributed by atoms with Crippen molar-refractivity contribution in [3.05, 3.63) is 9.81 Å². The fourth-order valence-electron chi connectivity index (χ4n) is 1.90. The maximum Gasteiger partial charge on any atom is 0.265 e. The molecule has 0 aromatic rings. The van der Waals surface area contributed by atoms with Gasteiger partial charge in [0.1, 0.15) is 0 Å². The second kappa shape index (κ2) is 2.77. The first-order valence-corrected chi connectivity index (χ1v) is 4.08. The highest BCUT2D eigenvalue weighted by atomic mass is 16.3. The third kappa shape index (κ3) is 1.23. The zero-order valence-corrected chi connectivity index (χ0v) is 7.14. The molecule has 0 aliphatic carbocycles. The topological polar surface area (TPSA) is 82.9 Å². The second-order valence-corrected chi connectivity index (χ2v) is 3.63. The Kier molecular flexibility index (Phi) is 1.84. The minimum absolute atomic E-state index is 0.0221. The minimum atomic E-state index is -0.0221. The number of fused-ring (bicyclic) bond motifs is 2. The van der Waals surface area contributed by atoms with Gasteiger partial charge in [-0.25, -0.2) is 10.6 Å². The molecule has 2 aliphatic heterocycles. The van der Waals surface area contributed by atoms with Crippen LogP contribution in [-0.2, 0) is 0 Å². The molecule has 72 valence electrons. The van der Waals surface area contributed by atoms with E-state index in [1.165, 1.54) is 0 Å². The third-order valence-corrected chi connectivity index (χ3v) is 2.50. The molecule has 2 saturated heterocycles. The van der Waals surface area contributed by atoms with Gasteiger partial charge >= 0.3 is 0 Å². The molecule has 0 aromatic carbocycles. The molecule has 2 fully saturated rings. The normalized spacial score (nSPS) is 44.0. The molecule has 2 aliphatic rings. The van der Waals surface area contributed by atoms with Crippen LogP contribution in [0.1, 0.15) is 0 Å². The van der Waals surface area contributed by atoms with Crippen LogP contribution in [0.5, 0.6) is 0 Å². The molecule has 13 heavy (non-hydrogen) atoms. The Morgan fingerprint density at radius 1 is 0.846 bits per heavy atom. The summed E-state index contributed by atoms with van der Waals surface area (Å²) in [7, 11) is 0. The Bertz CT molecular complexity index is 211. The van der Waals surface area contributed by atoms with E-state index < -0.39 is 0 Å². The van der Waals surface area contributed by atoms with E-state index >= 15 is 0 Å². The molecule has 2 N–H and O–H groups in total. The standard InChI is InChI=1S/C5H12N6O2/c12-8-10-1-6-2-11(5-10,9-13)4-7-3-10/h6-7H,1-5H2/q+2. The van der Waals surface area contributed by atoms with Crippen molar-refractivity contribution >= 4 is 0 Å². The molecule has 0 amide bonds. The van der Waals surface area contributed by atoms with Gasteiger partial charge in [0, 0.05) is 0 Å². The lowest BCUT2D eigenvalue weighted by Gasteiger charge is -2.43. The number of rotatable bonds is 2. The summed E-state index contributed by atoms with van der Waals surface area (Å²) in [6.45, 7) is 2.21. The van der Waals surface area contributed by atoms with Crippen LogP contribution in [0, 0.1) is 9.81 Å².